The van der Waals surface area contributed by atoms with E-state index in [9.17, 15) is 0 Å². The van der Waals surface area contributed by atoms with E-state index in [0.717, 1.165) is 6.42 Å². The Morgan fingerprint density at radius 1 is 1.33 bits per heavy atom. The molecule has 0 atom stereocenters. The topological polar surface area (TPSA) is 4.93 Å². The summed E-state index contributed by atoms with van der Waals surface area (Å²) in [5.74, 6) is 0. The molecule has 1 aromatic heterocycles. The molecule has 0 aliphatic heterocycles. The normalized spacial score (nSPS) is 10.8. The van der Waals surface area contributed by atoms with E-state index in [2.05, 4.69) is 49.0 Å². The monoisotopic (exact) mass is 158 g/mol. The molecule has 0 fully saturated rings. The van der Waals surface area contributed by atoms with Crippen LogP contribution in [0.15, 0.2) is 30.5 Å². The lowest BCUT2D eigenvalue weighted by Gasteiger charge is -1.99. The maximum absolute atomic E-state index is 3.87. The summed E-state index contributed by atoms with van der Waals surface area (Å²) in [5.41, 5.74) is 2.58. The summed E-state index contributed by atoms with van der Waals surface area (Å²) in [6.45, 7) is 3.87. The average molecular weight is 158 g/mol. The molecule has 61 valence electrons. The summed E-state index contributed by atoms with van der Waals surface area (Å²) >= 11 is 0. The number of fused-ring (bicyclic) bond motifs is 1. The van der Waals surface area contributed by atoms with Gasteiger partial charge in [0, 0.05) is 18.8 Å². The van der Waals surface area contributed by atoms with Gasteiger partial charge in [0.05, 0.1) is 0 Å². The first-order valence-corrected chi connectivity index (χ1v) is 4.14. The molecule has 1 aromatic carbocycles. The molecule has 0 bridgehead atoms. The largest absolute Gasteiger partial charge is 0.351 e. The van der Waals surface area contributed by atoms with Crippen molar-refractivity contribution in [2.24, 2.45) is 7.05 Å². The number of hydrogen-bond acceptors (Lipinski definition) is 0. The molecule has 0 saturated heterocycles. The Bertz CT molecular complexity index is 398. The van der Waals surface area contributed by atoms with E-state index in [1.807, 2.05) is 0 Å². The first kappa shape index (κ1) is 7.41. The van der Waals surface area contributed by atoms with Gasteiger partial charge >= 0.3 is 0 Å². The highest BCUT2D eigenvalue weighted by atomic mass is 14.9. The van der Waals surface area contributed by atoms with Gasteiger partial charge in [-0.25, -0.2) is 0 Å². The van der Waals surface area contributed by atoms with E-state index in [1.165, 1.54) is 16.5 Å². The summed E-state index contributed by atoms with van der Waals surface area (Å²) in [7, 11) is 2.06. The van der Waals surface area contributed by atoms with Crippen LogP contribution in [0.2, 0.25) is 0 Å². The quantitative estimate of drug-likeness (QED) is 0.601. The van der Waals surface area contributed by atoms with E-state index in [1.54, 1.807) is 0 Å². The van der Waals surface area contributed by atoms with Crippen molar-refractivity contribution < 1.29 is 0 Å². The van der Waals surface area contributed by atoms with Crippen LogP contribution in [-0.2, 0) is 13.5 Å². The van der Waals surface area contributed by atoms with Gasteiger partial charge in [0.25, 0.3) is 0 Å². The van der Waals surface area contributed by atoms with Gasteiger partial charge < -0.3 is 4.57 Å². The van der Waals surface area contributed by atoms with E-state index >= 15 is 0 Å². The van der Waals surface area contributed by atoms with Crippen molar-refractivity contribution in [2.45, 2.75) is 6.42 Å². The predicted octanol–water partition coefficient (Wildman–Crippen LogP) is 2.55. The average Bonchev–Trinajstić information content (AvgIpc) is 2.47. The number of hydrogen-bond donors (Lipinski definition) is 0. The first-order chi connectivity index (χ1) is 5.81. The SMILES string of the molecule is [CH2]Cc1ccc2ccn(C)c2c1. The van der Waals surface area contributed by atoms with Crippen LogP contribution >= 0.6 is 0 Å². The smallest absolute Gasteiger partial charge is 0.0480 e. The van der Waals surface area contributed by atoms with Gasteiger partial charge in [-0.3, -0.25) is 0 Å². The third-order valence-electron chi connectivity index (χ3n) is 2.24. The first-order valence-electron chi connectivity index (χ1n) is 4.14. The summed E-state index contributed by atoms with van der Waals surface area (Å²) in [4.78, 5) is 0. The van der Waals surface area contributed by atoms with E-state index in [0.29, 0.717) is 0 Å². The number of nitrogens with zero attached hydrogens (tertiary/aromatic N) is 1. The molecule has 0 spiro atoms. The van der Waals surface area contributed by atoms with E-state index in [4.69, 9.17) is 0 Å². The molecule has 0 amide bonds. The fourth-order valence-corrected chi connectivity index (χ4v) is 1.46. The van der Waals surface area contributed by atoms with Crippen molar-refractivity contribution in [2.75, 3.05) is 0 Å². The second-order valence-electron chi connectivity index (χ2n) is 3.07. The van der Waals surface area contributed by atoms with Crippen molar-refractivity contribution in [3.63, 3.8) is 0 Å². The zero-order valence-electron chi connectivity index (χ0n) is 7.25. The number of aryl methyl sites for hydroxylation is 1. The summed E-state index contributed by atoms with van der Waals surface area (Å²) in [6, 6.07) is 8.61. The van der Waals surface area contributed by atoms with Crippen LogP contribution in [0.3, 0.4) is 0 Å². The lowest BCUT2D eigenvalue weighted by Crippen LogP contribution is -1.85. The Morgan fingerprint density at radius 2 is 2.17 bits per heavy atom. The molecular weight excluding hydrogens is 146 g/mol. The minimum Gasteiger partial charge on any atom is -0.351 e. The second-order valence-corrected chi connectivity index (χ2v) is 3.07. The Hall–Kier alpha value is -1.24. The van der Waals surface area contributed by atoms with Crippen molar-refractivity contribution in [1.29, 1.82) is 0 Å². The van der Waals surface area contributed by atoms with Crippen LogP contribution in [0.1, 0.15) is 5.56 Å². The van der Waals surface area contributed by atoms with Crippen LogP contribution in [0.4, 0.5) is 0 Å². The lowest BCUT2D eigenvalue weighted by atomic mass is 10.1. The highest BCUT2D eigenvalue weighted by Gasteiger charge is 1.97. The van der Waals surface area contributed by atoms with Crippen molar-refractivity contribution in [1.82, 2.24) is 4.57 Å². The van der Waals surface area contributed by atoms with Crippen LogP contribution < -0.4 is 0 Å². The number of aromatic nitrogens is 1. The Kier molecular flexibility index (Phi) is 1.65. The molecule has 0 saturated carbocycles. The van der Waals surface area contributed by atoms with Gasteiger partial charge in [0.15, 0.2) is 0 Å². The zero-order valence-corrected chi connectivity index (χ0v) is 7.25. The molecule has 2 aromatic rings. The highest BCUT2D eigenvalue weighted by Crippen LogP contribution is 2.16. The van der Waals surface area contributed by atoms with Crippen LogP contribution in [0, 0.1) is 6.92 Å². The second kappa shape index (κ2) is 2.67. The fourth-order valence-electron chi connectivity index (χ4n) is 1.46. The van der Waals surface area contributed by atoms with E-state index in [-0.39, 0.29) is 0 Å². The molecule has 1 heterocycles. The Morgan fingerprint density at radius 3 is 2.92 bits per heavy atom. The molecule has 0 aliphatic rings. The van der Waals surface area contributed by atoms with Crippen molar-refractivity contribution in [3.8, 4) is 0 Å². The van der Waals surface area contributed by atoms with E-state index < -0.39 is 0 Å². The van der Waals surface area contributed by atoms with Crippen LogP contribution in [0.5, 0.6) is 0 Å². The van der Waals surface area contributed by atoms with Crippen LogP contribution in [-0.4, -0.2) is 4.57 Å². The van der Waals surface area contributed by atoms with Gasteiger partial charge in [-0.2, -0.15) is 0 Å². The zero-order chi connectivity index (χ0) is 8.55. The van der Waals surface area contributed by atoms with Crippen molar-refractivity contribution >= 4 is 10.9 Å². The predicted molar refractivity (Wildman–Crippen MR) is 52.0 cm³/mol. The molecule has 12 heavy (non-hydrogen) atoms. The van der Waals surface area contributed by atoms with Crippen molar-refractivity contribution in [3.05, 3.63) is 42.9 Å². The molecule has 2 rings (SSSR count). The standard InChI is InChI=1S/C11H12N/c1-3-9-4-5-10-6-7-12(2)11(10)8-9/h4-8H,1,3H2,2H3. The molecule has 1 nitrogen and oxygen atoms in total. The minimum atomic E-state index is 0.862. The summed E-state index contributed by atoms with van der Waals surface area (Å²) < 4.78 is 2.13. The lowest BCUT2D eigenvalue weighted by molar-refractivity contribution is 0.967. The Labute approximate surface area is 72.6 Å². The molecule has 1 heteroatoms. The van der Waals surface area contributed by atoms with Gasteiger partial charge in [0.1, 0.15) is 0 Å². The minimum absolute atomic E-state index is 0.862. The van der Waals surface area contributed by atoms with Gasteiger partial charge in [-0.15, -0.1) is 0 Å². The van der Waals surface area contributed by atoms with Gasteiger partial charge in [-0.05, 0) is 36.4 Å². The molecule has 0 N–H and O–H groups in total. The maximum Gasteiger partial charge on any atom is 0.0480 e. The molecule has 1 radical (unpaired) electrons. The number of benzene rings is 1. The summed E-state index contributed by atoms with van der Waals surface area (Å²) in [5, 5.41) is 1.30. The third-order valence-corrected chi connectivity index (χ3v) is 2.24. The molecular formula is C11H12N. The maximum atomic E-state index is 3.87. The van der Waals surface area contributed by atoms with Crippen LogP contribution in [0.25, 0.3) is 10.9 Å². The summed E-state index contributed by atoms with van der Waals surface area (Å²) in [6.07, 6.45) is 2.94. The molecule has 0 unspecified atom stereocenters. The van der Waals surface area contributed by atoms with Gasteiger partial charge in [0.2, 0.25) is 0 Å². The third kappa shape index (κ3) is 1.02. The number of rotatable bonds is 1. The molecule has 0 aliphatic carbocycles. The highest BCUT2D eigenvalue weighted by molar-refractivity contribution is 5.80. The Balaban J connectivity index is 2.71. The fraction of sp³-hybridized carbons (Fsp3) is 0.182. The van der Waals surface area contributed by atoms with Gasteiger partial charge in [-0.1, -0.05) is 12.1 Å².